The molecule has 1 amide bonds. The summed E-state index contributed by atoms with van der Waals surface area (Å²) in [6, 6.07) is 1.94. The van der Waals surface area contributed by atoms with Crippen LogP contribution in [0.1, 0.15) is 17.3 Å². The van der Waals surface area contributed by atoms with Crippen LogP contribution >= 0.6 is 23.4 Å². The minimum atomic E-state index is -0.646. The highest BCUT2D eigenvalue weighted by molar-refractivity contribution is 7.98. The number of nitrogens with zero attached hydrogens (tertiary/aromatic N) is 1. The molecule has 0 heterocycles. The number of phenolic OH excluding ortho intramolecular Hbond substituents is 1. The standard InChI is InChI=1S/C12H15ClFNO2S/c1-7(6-18-3)15(2)12(17)9-4-8(14)5-10(13)11(9)16/h4-5,7,16H,6H2,1-3H3/t7-/m1/s1. The van der Waals surface area contributed by atoms with Crippen LogP contribution in [-0.4, -0.2) is 41.0 Å². The summed E-state index contributed by atoms with van der Waals surface area (Å²) in [5.41, 5.74) is -0.115. The van der Waals surface area contributed by atoms with Crippen LogP contribution in [0, 0.1) is 5.82 Å². The van der Waals surface area contributed by atoms with Crippen LogP contribution in [-0.2, 0) is 0 Å². The number of hydrogen-bond donors (Lipinski definition) is 1. The number of halogens is 2. The Balaban J connectivity index is 3.04. The summed E-state index contributed by atoms with van der Waals surface area (Å²) in [5, 5.41) is 9.54. The third-order valence-electron chi connectivity index (χ3n) is 2.65. The van der Waals surface area contributed by atoms with Crippen molar-refractivity contribution in [3.05, 3.63) is 28.5 Å². The SMILES string of the molecule is CSC[C@@H](C)N(C)C(=O)c1cc(F)cc(Cl)c1O. The van der Waals surface area contributed by atoms with Crippen molar-refractivity contribution in [1.82, 2.24) is 4.90 Å². The van der Waals surface area contributed by atoms with Gasteiger partial charge in [0.1, 0.15) is 11.6 Å². The molecule has 0 radical (unpaired) electrons. The fraction of sp³-hybridized carbons (Fsp3) is 0.417. The molecule has 18 heavy (non-hydrogen) atoms. The van der Waals surface area contributed by atoms with Gasteiger partial charge in [-0.15, -0.1) is 0 Å². The van der Waals surface area contributed by atoms with Crippen molar-refractivity contribution in [2.24, 2.45) is 0 Å². The van der Waals surface area contributed by atoms with Gasteiger partial charge in [-0.2, -0.15) is 11.8 Å². The average Bonchev–Trinajstić information content (AvgIpc) is 2.32. The summed E-state index contributed by atoms with van der Waals surface area (Å²) in [6.45, 7) is 1.88. The van der Waals surface area contributed by atoms with Gasteiger partial charge in [-0.3, -0.25) is 4.79 Å². The van der Waals surface area contributed by atoms with Crippen LogP contribution in [0.5, 0.6) is 5.75 Å². The van der Waals surface area contributed by atoms with Crippen LogP contribution in [0.2, 0.25) is 5.02 Å². The van der Waals surface area contributed by atoms with Crippen molar-refractivity contribution < 1.29 is 14.3 Å². The molecule has 0 aromatic heterocycles. The van der Waals surface area contributed by atoms with E-state index in [1.165, 1.54) is 4.90 Å². The van der Waals surface area contributed by atoms with Gasteiger partial charge in [-0.25, -0.2) is 4.39 Å². The lowest BCUT2D eigenvalue weighted by Gasteiger charge is -2.24. The molecule has 1 N–H and O–H groups in total. The van der Waals surface area contributed by atoms with E-state index in [9.17, 15) is 14.3 Å². The van der Waals surface area contributed by atoms with Crippen molar-refractivity contribution in [3.63, 3.8) is 0 Å². The van der Waals surface area contributed by atoms with Crippen molar-refractivity contribution >= 4 is 29.3 Å². The van der Waals surface area contributed by atoms with Gasteiger partial charge in [0.15, 0.2) is 0 Å². The topological polar surface area (TPSA) is 40.5 Å². The third kappa shape index (κ3) is 3.29. The molecule has 1 aromatic rings. The summed E-state index contributed by atoms with van der Waals surface area (Å²) in [6.07, 6.45) is 1.94. The Bertz CT molecular complexity index is 456. The number of rotatable bonds is 4. The van der Waals surface area contributed by atoms with Crippen LogP contribution in [0.25, 0.3) is 0 Å². The summed E-state index contributed by atoms with van der Waals surface area (Å²) in [7, 11) is 1.61. The van der Waals surface area contributed by atoms with Crippen LogP contribution in [0.15, 0.2) is 12.1 Å². The maximum absolute atomic E-state index is 13.2. The van der Waals surface area contributed by atoms with E-state index in [1.807, 2.05) is 13.2 Å². The lowest BCUT2D eigenvalue weighted by molar-refractivity contribution is 0.0754. The lowest BCUT2D eigenvalue weighted by atomic mass is 10.1. The molecule has 0 bridgehead atoms. The van der Waals surface area contributed by atoms with Gasteiger partial charge in [0, 0.05) is 18.8 Å². The molecule has 0 aliphatic heterocycles. The molecule has 0 saturated carbocycles. The molecule has 0 aliphatic rings. The highest BCUT2D eigenvalue weighted by atomic mass is 35.5. The Kier molecular flexibility index (Phi) is 5.28. The Hall–Kier alpha value is -0.940. The quantitative estimate of drug-likeness (QED) is 0.927. The summed E-state index contributed by atoms with van der Waals surface area (Å²) in [4.78, 5) is 13.6. The van der Waals surface area contributed by atoms with Crippen molar-refractivity contribution in [3.8, 4) is 5.75 Å². The van der Waals surface area contributed by atoms with Gasteiger partial charge in [0.05, 0.1) is 10.6 Å². The van der Waals surface area contributed by atoms with E-state index >= 15 is 0 Å². The molecule has 0 fully saturated rings. The number of thioether (sulfide) groups is 1. The largest absolute Gasteiger partial charge is 0.506 e. The zero-order valence-corrected chi connectivity index (χ0v) is 12.0. The maximum Gasteiger partial charge on any atom is 0.257 e. The van der Waals surface area contributed by atoms with Gasteiger partial charge in [0.2, 0.25) is 0 Å². The van der Waals surface area contributed by atoms with Gasteiger partial charge in [0.25, 0.3) is 5.91 Å². The monoisotopic (exact) mass is 291 g/mol. The first-order valence-electron chi connectivity index (χ1n) is 5.32. The Morgan fingerprint density at radius 2 is 2.22 bits per heavy atom. The summed E-state index contributed by atoms with van der Waals surface area (Å²) in [5.74, 6) is -0.722. The fourth-order valence-electron chi connectivity index (χ4n) is 1.47. The second kappa shape index (κ2) is 6.29. The van der Waals surface area contributed by atoms with Crippen molar-refractivity contribution in [2.45, 2.75) is 13.0 Å². The van der Waals surface area contributed by atoms with Crippen LogP contribution < -0.4 is 0 Å². The molecule has 1 atom stereocenters. The van der Waals surface area contributed by atoms with Crippen LogP contribution in [0.3, 0.4) is 0 Å². The predicted octanol–water partition coefficient (Wildman–Crippen LogP) is 3.01. The van der Waals surface area contributed by atoms with E-state index in [2.05, 4.69) is 0 Å². The molecule has 0 saturated heterocycles. The number of benzene rings is 1. The maximum atomic E-state index is 13.2. The van der Waals surface area contributed by atoms with E-state index in [0.29, 0.717) is 0 Å². The number of phenols is 1. The second-order valence-electron chi connectivity index (χ2n) is 4.00. The van der Waals surface area contributed by atoms with E-state index < -0.39 is 11.7 Å². The first-order chi connectivity index (χ1) is 8.38. The summed E-state index contributed by atoms with van der Waals surface area (Å²) >= 11 is 7.25. The molecule has 0 aliphatic carbocycles. The van der Waals surface area contributed by atoms with Crippen LogP contribution in [0.4, 0.5) is 4.39 Å². The number of carbonyl (C=O) groups is 1. The van der Waals surface area contributed by atoms with E-state index in [-0.39, 0.29) is 22.4 Å². The molecule has 1 aromatic carbocycles. The Morgan fingerprint density at radius 1 is 1.61 bits per heavy atom. The molecule has 0 unspecified atom stereocenters. The molecule has 100 valence electrons. The number of amides is 1. The molecule has 6 heteroatoms. The lowest BCUT2D eigenvalue weighted by Crippen LogP contribution is -2.36. The Morgan fingerprint density at radius 3 is 2.78 bits per heavy atom. The fourth-order valence-corrected chi connectivity index (χ4v) is 2.38. The van der Waals surface area contributed by atoms with Crippen molar-refractivity contribution in [1.29, 1.82) is 0 Å². The minimum Gasteiger partial charge on any atom is -0.506 e. The van der Waals surface area contributed by atoms with Gasteiger partial charge in [-0.05, 0) is 25.3 Å². The van der Waals surface area contributed by atoms with Gasteiger partial charge >= 0.3 is 0 Å². The van der Waals surface area contributed by atoms with Crippen molar-refractivity contribution in [2.75, 3.05) is 19.1 Å². The zero-order valence-electron chi connectivity index (χ0n) is 10.4. The minimum absolute atomic E-state index is 0.0195. The summed E-state index contributed by atoms with van der Waals surface area (Å²) < 4.78 is 13.2. The third-order valence-corrected chi connectivity index (χ3v) is 3.75. The highest BCUT2D eigenvalue weighted by Gasteiger charge is 2.22. The normalized spacial score (nSPS) is 12.3. The van der Waals surface area contributed by atoms with E-state index in [1.54, 1.807) is 18.8 Å². The molecular weight excluding hydrogens is 277 g/mol. The highest BCUT2D eigenvalue weighted by Crippen LogP contribution is 2.29. The molecule has 3 nitrogen and oxygen atoms in total. The molecule has 0 spiro atoms. The average molecular weight is 292 g/mol. The first kappa shape index (κ1) is 15.1. The molecule has 1 rings (SSSR count). The number of aromatic hydroxyl groups is 1. The number of hydrogen-bond acceptors (Lipinski definition) is 3. The van der Waals surface area contributed by atoms with Gasteiger partial charge in [-0.1, -0.05) is 11.6 Å². The second-order valence-corrected chi connectivity index (χ2v) is 5.32. The smallest absolute Gasteiger partial charge is 0.257 e. The molecular formula is C12H15ClFNO2S. The zero-order chi connectivity index (χ0) is 13.9. The van der Waals surface area contributed by atoms with E-state index in [4.69, 9.17) is 11.6 Å². The van der Waals surface area contributed by atoms with Gasteiger partial charge < -0.3 is 10.0 Å². The Labute approximate surface area is 115 Å². The predicted molar refractivity (Wildman–Crippen MR) is 73.0 cm³/mol. The first-order valence-corrected chi connectivity index (χ1v) is 7.09. The number of carbonyl (C=O) groups excluding carboxylic acids is 1. The van der Waals surface area contributed by atoms with E-state index in [0.717, 1.165) is 17.9 Å².